The molecule has 1 rings (SSSR count). The van der Waals surface area contributed by atoms with Gasteiger partial charge in [0.2, 0.25) is 0 Å². The minimum Gasteiger partial charge on any atom is -0.392 e. The van der Waals surface area contributed by atoms with Gasteiger partial charge in [-0.2, -0.15) is 0 Å². The molecule has 0 spiro atoms. The molecule has 0 unspecified atom stereocenters. The van der Waals surface area contributed by atoms with Crippen molar-refractivity contribution in [1.29, 1.82) is 0 Å². The first-order chi connectivity index (χ1) is 8.77. The Bertz CT molecular complexity index is 337. The van der Waals surface area contributed by atoms with Crippen LogP contribution < -0.4 is 0 Å². The van der Waals surface area contributed by atoms with Crippen molar-refractivity contribution in [2.45, 2.75) is 51.9 Å². The first-order valence-corrected chi connectivity index (χ1v) is 7.16. The average molecular weight is 246 g/mol. The van der Waals surface area contributed by atoms with E-state index >= 15 is 0 Å². The third-order valence-electron chi connectivity index (χ3n) is 3.37. The lowest BCUT2D eigenvalue weighted by Gasteiger charge is -2.05. The maximum absolute atomic E-state index is 9.00. The molecule has 1 aromatic carbocycles. The molecule has 0 atom stereocenters. The molecule has 0 aromatic heterocycles. The number of unbranched alkanes of at least 4 members (excludes halogenated alkanes) is 5. The van der Waals surface area contributed by atoms with Gasteiger partial charge >= 0.3 is 0 Å². The standard InChI is InChI=1S/C17H26O/c1-3-4-5-6-7-8-9-16-10-12-17(13-11-16)15(2)14-18/h10-13,18H,2-9,14H2,1H3. The molecule has 0 radical (unpaired) electrons. The van der Waals surface area contributed by atoms with Gasteiger partial charge < -0.3 is 5.11 Å². The van der Waals surface area contributed by atoms with E-state index < -0.39 is 0 Å². The number of aliphatic hydroxyl groups is 1. The number of hydrogen-bond acceptors (Lipinski definition) is 1. The highest BCUT2D eigenvalue weighted by molar-refractivity contribution is 5.63. The van der Waals surface area contributed by atoms with Crippen molar-refractivity contribution in [2.24, 2.45) is 0 Å². The number of aryl methyl sites for hydroxylation is 1. The van der Waals surface area contributed by atoms with E-state index in [0.29, 0.717) is 0 Å². The van der Waals surface area contributed by atoms with Gasteiger partial charge in [0.15, 0.2) is 0 Å². The third-order valence-corrected chi connectivity index (χ3v) is 3.37. The Morgan fingerprint density at radius 1 is 1.00 bits per heavy atom. The summed E-state index contributed by atoms with van der Waals surface area (Å²) in [6.07, 6.45) is 9.22. The van der Waals surface area contributed by atoms with Crippen molar-refractivity contribution >= 4 is 5.57 Å². The van der Waals surface area contributed by atoms with Crippen LogP contribution in [0.25, 0.3) is 5.57 Å². The summed E-state index contributed by atoms with van der Waals surface area (Å²) < 4.78 is 0. The van der Waals surface area contributed by atoms with E-state index in [1.54, 1.807) is 0 Å². The smallest absolute Gasteiger partial charge is 0.0681 e. The van der Waals surface area contributed by atoms with E-state index in [-0.39, 0.29) is 6.61 Å². The first kappa shape index (κ1) is 15.0. The van der Waals surface area contributed by atoms with Crippen molar-refractivity contribution in [2.75, 3.05) is 6.61 Å². The SMILES string of the molecule is C=C(CO)c1ccc(CCCCCCCC)cc1. The van der Waals surface area contributed by atoms with Gasteiger partial charge in [-0.25, -0.2) is 0 Å². The van der Waals surface area contributed by atoms with Gasteiger partial charge in [0.1, 0.15) is 0 Å². The van der Waals surface area contributed by atoms with Crippen LogP contribution in [0.4, 0.5) is 0 Å². The molecule has 0 aliphatic heterocycles. The van der Waals surface area contributed by atoms with Crippen molar-refractivity contribution in [3.05, 3.63) is 42.0 Å². The summed E-state index contributed by atoms with van der Waals surface area (Å²) >= 11 is 0. The summed E-state index contributed by atoms with van der Waals surface area (Å²) in [4.78, 5) is 0. The van der Waals surface area contributed by atoms with Crippen molar-refractivity contribution in [3.8, 4) is 0 Å². The molecule has 1 heteroatoms. The fourth-order valence-electron chi connectivity index (χ4n) is 2.11. The molecule has 1 N–H and O–H groups in total. The van der Waals surface area contributed by atoms with E-state index in [0.717, 1.165) is 17.6 Å². The molecule has 0 amide bonds. The topological polar surface area (TPSA) is 20.2 Å². The molecular weight excluding hydrogens is 220 g/mol. The summed E-state index contributed by atoms with van der Waals surface area (Å²) in [7, 11) is 0. The van der Waals surface area contributed by atoms with Gasteiger partial charge in [-0.15, -0.1) is 0 Å². The Morgan fingerprint density at radius 3 is 2.22 bits per heavy atom. The maximum atomic E-state index is 9.00. The summed E-state index contributed by atoms with van der Waals surface area (Å²) in [6, 6.07) is 8.43. The zero-order chi connectivity index (χ0) is 13.2. The van der Waals surface area contributed by atoms with Crippen LogP contribution in [0.1, 0.15) is 56.6 Å². The van der Waals surface area contributed by atoms with E-state index in [2.05, 4.69) is 37.8 Å². The maximum Gasteiger partial charge on any atom is 0.0681 e. The molecule has 18 heavy (non-hydrogen) atoms. The van der Waals surface area contributed by atoms with Gasteiger partial charge in [-0.05, 0) is 29.5 Å². The molecule has 0 heterocycles. The lowest BCUT2D eigenvalue weighted by atomic mass is 10.0. The van der Waals surface area contributed by atoms with Crippen LogP contribution in [-0.2, 0) is 6.42 Å². The Kier molecular flexibility index (Phi) is 7.43. The van der Waals surface area contributed by atoms with Crippen LogP contribution in [-0.4, -0.2) is 11.7 Å². The monoisotopic (exact) mass is 246 g/mol. The molecule has 0 aliphatic carbocycles. The Labute approximate surface area is 112 Å². The molecule has 0 aliphatic rings. The summed E-state index contributed by atoms with van der Waals surface area (Å²) in [5.41, 5.74) is 3.23. The molecule has 0 saturated carbocycles. The zero-order valence-electron chi connectivity index (χ0n) is 11.6. The van der Waals surface area contributed by atoms with Gasteiger partial charge in [0, 0.05) is 0 Å². The first-order valence-electron chi connectivity index (χ1n) is 7.16. The van der Waals surface area contributed by atoms with E-state index in [1.165, 1.54) is 44.1 Å². The van der Waals surface area contributed by atoms with Crippen molar-refractivity contribution < 1.29 is 5.11 Å². The predicted octanol–water partition coefficient (Wildman–Crippen LogP) is 4.60. The quantitative estimate of drug-likeness (QED) is 0.632. The lowest BCUT2D eigenvalue weighted by molar-refractivity contribution is 0.350. The number of hydrogen-bond donors (Lipinski definition) is 1. The summed E-state index contributed by atoms with van der Waals surface area (Å²) in [5, 5.41) is 9.00. The fourth-order valence-corrected chi connectivity index (χ4v) is 2.11. The second-order valence-electron chi connectivity index (χ2n) is 4.98. The van der Waals surface area contributed by atoms with Crippen LogP contribution in [0.15, 0.2) is 30.8 Å². The van der Waals surface area contributed by atoms with E-state index in [1.807, 2.05) is 0 Å². The van der Waals surface area contributed by atoms with Gasteiger partial charge in [-0.3, -0.25) is 0 Å². The van der Waals surface area contributed by atoms with Crippen molar-refractivity contribution in [1.82, 2.24) is 0 Å². The summed E-state index contributed by atoms with van der Waals surface area (Å²) in [5.74, 6) is 0. The highest BCUT2D eigenvalue weighted by Crippen LogP contribution is 2.15. The number of benzene rings is 1. The van der Waals surface area contributed by atoms with Crippen LogP contribution in [0.2, 0.25) is 0 Å². The normalized spacial score (nSPS) is 10.6. The van der Waals surface area contributed by atoms with Crippen LogP contribution in [0.5, 0.6) is 0 Å². The molecule has 0 saturated heterocycles. The molecule has 1 aromatic rings. The van der Waals surface area contributed by atoms with Crippen LogP contribution in [0, 0.1) is 0 Å². The Balaban J connectivity index is 2.25. The minimum absolute atomic E-state index is 0.0385. The molecule has 0 bridgehead atoms. The predicted molar refractivity (Wildman–Crippen MR) is 79.6 cm³/mol. The Hall–Kier alpha value is -1.08. The largest absolute Gasteiger partial charge is 0.392 e. The van der Waals surface area contributed by atoms with Gasteiger partial charge in [0.25, 0.3) is 0 Å². The molecule has 1 nitrogen and oxygen atoms in total. The number of aliphatic hydroxyl groups excluding tert-OH is 1. The second-order valence-corrected chi connectivity index (χ2v) is 4.98. The Morgan fingerprint density at radius 2 is 1.61 bits per heavy atom. The van der Waals surface area contributed by atoms with Crippen LogP contribution in [0.3, 0.4) is 0 Å². The van der Waals surface area contributed by atoms with Crippen molar-refractivity contribution in [3.63, 3.8) is 0 Å². The highest BCUT2D eigenvalue weighted by Gasteiger charge is 1.98. The zero-order valence-corrected chi connectivity index (χ0v) is 11.6. The third kappa shape index (κ3) is 5.50. The second kappa shape index (κ2) is 8.93. The molecular formula is C17H26O. The summed E-state index contributed by atoms with van der Waals surface area (Å²) in [6.45, 7) is 6.12. The lowest BCUT2D eigenvalue weighted by Crippen LogP contribution is -1.90. The van der Waals surface area contributed by atoms with E-state index in [4.69, 9.17) is 5.11 Å². The number of rotatable bonds is 9. The average Bonchev–Trinajstić information content (AvgIpc) is 2.42. The van der Waals surface area contributed by atoms with Crippen LogP contribution >= 0.6 is 0 Å². The van der Waals surface area contributed by atoms with E-state index in [9.17, 15) is 0 Å². The fraction of sp³-hybridized carbons (Fsp3) is 0.529. The molecule has 100 valence electrons. The molecule has 0 fully saturated rings. The van der Waals surface area contributed by atoms with Gasteiger partial charge in [0.05, 0.1) is 6.61 Å². The minimum atomic E-state index is 0.0385. The highest BCUT2D eigenvalue weighted by atomic mass is 16.3. The van der Waals surface area contributed by atoms with Gasteiger partial charge in [-0.1, -0.05) is 69.9 Å².